The number of carbonyl (C=O) groups is 2. The summed E-state index contributed by atoms with van der Waals surface area (Å²) in [5.41, 5.74) is 1.95. The Kier molecular flexibility index (Phi) is 4.83. The predicted molar refractivity (Wildman–Crippen MR) is 117 cm³/mol. The van der Waals surface area contributed by atoms with Crippen molar-refractivity contribution in [1.29, 1.82) is 0 Å². The maximum atomic E-state index is 13.1. The number of benzene rings is 2. The zero-order chi connectivity index (χ0) is 20.7. The molecule has 1 N–H and O–H groups in total. The standard InChI is InChI=1S/C22H22ClN5O2/c23-16-4-3-5-17(13-16)26-8-10-27(11-9-26)22(30)15-12-20(29)28(14-15)21-18-6-1-2-7-19(18)24-25-21/h1-7,13,15H,8-12,14H2,(H,24,25)/t15-/m0/s1. The number of nitrogens with zero attached hydrogens (tertiary/aromatic N) is 4. The van der Waals surface area contributed by atoms with Gasteiger partial charge >= 0.3 is 0 Å². The number of H-pyrrole nitrogens is 1. The number of aromatic nitrogens is 2. The molecule has 1 aromatic heterocycles. The molecular weight excluding hydrogens is 402 g/mol. The van der Waals surface area contributed by atoms with Crippen molar-refractivity contribution in [3.8, 4) is 0 Å². The van der Waals surface area contributed by atoms with Crippen molar-refractivity contribution in [2.24, 2.45) is 5.92 Å². The maximum absolute atomic E-state index is 13.1. The van der Waals surface area contributed by atoms with E-state index in [0.717, 1.165) is 29.7 Å². The molecule has 0 unspecified atom stereocenters. The molecule has 30 heavy (non-hydrogen) atoms. The van der Waals surface area contributed by atoms with Crippen LogP contribution in [0.15, 0.2) is 48.5 Å². The van der Waals surface area contributed by atoms with E-state index in [2.05, 4.69) is 15.1 Å². The number of para-hydroxylation sites is 1. The molecule has 0 aliphatic carbocycles. The second-order valence-corrected chi connectivity index (χ2v) is 8.23. The summed E-state index contributed by atoms with van der Waals surface area (Å²) in [6.07, 6.45) is 0.231. The molecule has 2 aromatic carbocycles. The number of piperazine rings is 1. The number of anilines is 2. The van der Waals surface area contributed by atoms with Gasteiger partial charge in [0.05, 0.1) is 11.4 Å². The van der Waals surface area contributed by atoms with Crippen LogP contribution in [0.25, 0.3) is 10.9 Å². The average molecular weight is 424 g/mol. The molecule has 2 fully saturated rings. The highest BCUT2D eigenvalue weighted by Crippen LogP contribution is 2.30. The fourth-order valence-electron chi connectivity index (χ4n) is 4.35. The number of hydrogen-bond acceptors (Lipinski definition) is 4. The molecule has 1 atom stereocenters. The van der Waals surface area contributed by atoms with E-state index in [9.17, 15) is 9.59 Å². The first kappa shape index (κ1) is 18.9. The van der Waals surface area contributed by atoms with Gasteiger partial charge in [-0.2, -0.15) is 5.10 Å². The molecule has 0 saturated carbocycles. The molecule has 3 aromatic rings. The van der Waals surface area contributed by atoms with Gasteiger partial charge in [-0.15, -0.1) is 0 Å². The van der Waals surface area contributed by atoms with Crippen LogP contribution in [-0.2, 0) is 9.59 Å². The van der Waals surface area contributed by atoms with Crippen molar-refractivity contribution in [3.63, 3.8) is 0 Å². The van der Waals surface area contributed by atoms with Crippen molar-refractivity contribution in [1.82, 2.24) is 15.1 Å². The highest BCUT2D eigenvalue weighted by Gasteiger charge is 2.39. The fraction of sp³-hybridized carbons (Fsp3) is 0.318. The second-order valence-electron chi connectivity index (χ2n) is 7.79. The molecule has 2 aliphatic rings. The van der Waals surface area contributed by atoms with Gasteiger partial charge < -0.3 is 9.80 Å². The smallest absolute Gasteiger partial charge is 0.229 e. The van der Waals surface area contributed by atoms with Crippen LogP contribution in [0.5, 0.6) is 0 Å². The summed E-state index contributed by atoms with van der Waals surface area (Å²) < 4.78 is 0. The Balaban J connectivity index is 1.25. The summed E-state index contributed by atoms with van der Waals surface area (Å²) in [5, 5.41) is 8.89. The maximum Gasteiger partial charge on any atom is 0.229 e. The molecule has 8 heteroatoms. The SMILES string of the molecule is O=C([C@H]1CC(=O)N(c2n[nH]c3ccccc23)C1)N1CCN(c2cccc(Cl)c2)CC1. The minimum absolute atomic E-state index is 0.0523. The zero-order valence-corrected chi connectivity index (χ0v) is 17.2. The van der Waals surface area contributed by atoms with E-state index in [0.29, 0.717) is 30.5 Å². The molecular formula is C22H22ClN5O2. The minimum atomic E-state index is -0.328. The predicted octanol–water partition coefficient (Wildman–Crippen LogP) is 2.92. The molecule has 154 valence electrons. The Morgan fingerprint density at radius 2 is 1.87 bits per heavy atom. The van der Waals surface area contributed by atoms with Crippen molar-refractivity contribution in [2.45, 2.75) is 6.42 Å². The molecule has 0 bridgehead atoms. The first-order valence-corrected chi connectivity index (χ1v) is 10.5. The average Bonchev–Trinajstić information content (AvgIpc) is 3.36. The van der Waals surface area contributed by atoms with Crippen LogP contribution in [0.4, 0.5) is 11.5 Å². The van der Waals surface area contributed by atoms with Crippen LogP contribution in [-0.4, -0.2) is 59.6 Å². The number of halogens is 1. The lowest BCUT2D eigenvalue weighted by molar-refractivity contribution is -0.136. The van der Waals surface area contributed by atoms with Gasteiger partial charge in [0.25, 0.3) is 0 Å². The second kappa shape index (κ2) is 7.65. The van der Waals surface area contributed by atoms with Crippen molar-refractivity contribution in [2.75, 3.05) is 42.5 Å². The van der Waals surface area contributed by atoms with E-state index in [-0.39, 0.29) is 24.2 Å². The van der Waals surface area contributed by atoms with Crippen LogP contribution in [0.2, 0.25) is 5.02 Å². The Bertz CT molecular complexity index is 1110. The van der Waals surface area contributed by atoms with E-state index in [1.807, 2.05) is 53.4 Å². The van der Waals surface area contributed by atoms with E-state index in [1.54, 1.807) is 4.90 Å². The van der Waals surface area contributed by atoms with Crippen LogP contribution in [0, 0.1) is 5.92 Å². The highest BCUT2D eigenvalue weighted by atomic mass is 35.5. The highest BCUT2D eigenvalue weighted by molar-refractivity contribution is 6.30. The molecule has 2 saturated heterocycles. The van der Waals surface area contributed by atoms with Gasteiger partial charge in [0.15, 0.2) is 5.82 Å². The molecule has 2 amide bonds. The summed E-state index contributed by atoms with van der Waals surface area (Å²) in [4.78, 5) is 31.5. The van der Waals surface area contributed by atoms with E-state index >= 15 is 0 Å². The summed E-state index contributed by atoms with van der Waals surface area (Å²) in [6, 6.07) is 15.5. The van der Waals surface area contributed by atoms with Gasteiger partial charge in [0.2, 0.25) is 11.8 Å². The molecule has 0 radical (unpaired) electrons. The summed E-state index contributed by atoms with van der Waals surface area (Å²) in [7, 11) is 0. The van der Waals surface area contributed by atoms with Crippen LogP contribution < -0.4 is 9.80 Å². The first-order chi connectivity index (χ1) is 14.6. The zero-order valence-electron chi connectivity index (χ0n) is 16.4. The van der Waals surface area contributed by atoms with E-state index in [1.165, 1.54) is 0 Å². The minimum Gasteiger partial charge on any atom is -0.368 e. The number of hydrogen-bond donors (Lipinski definition) is 1. The Labute approximate surface area is 179 Å². The molecule has 0 spiro atoms. The monoisotopic (exact) mass is 423 g/mol. The van der Waals surface area contributed by atoms with E-state index in [4.69, 9.17) is 11.6 Å². The van der Waals surface area contributed by atoms with Gasteiger partial charge in [0, 0.05) is 55.2 Å². The van der Waals surface area contributed by atoms with Crippen LogP contribution in [0.3, 0.4) is 0 Å². The summed E-state index contributed by atoms with van der Waals surface area (Å²) in [5.74, 6) is 0.280. The van der Waals surface area contributed by atoms with Gasteiger partial charge in [0.1, 0.15) is 0 Å². The Hall–Kier alpha value is -3.06. The lowest BCUT2D eigenvalue weighted by Crippen LogP contribution is -2.50. The third-order valence-electron chi connectivity index (χ3n) is 5.94. The first-order valence-electron chi connectivity index (χ1n) is 10.1. The van der Waals surface area contributed by atoms with Gasteiger partial charge in [-0.1, -0.05) is 29.8 Å². The summed E-state index contributed by atoms with van der Waals surface area (Å²) >= 11 is 6.10. The largest absolute Gasteiger partial charge is 0.368 e. The van der Waals surface area contributed by atoms with E-state index < -0.39 is 0 Å². The number of carbonyl (C=O) groups excluding carboxylic acids is 2. The normalized spacial score (nSPS) is 19.7. The Morgan fingerprint density at radius 3 is 2.67 bits per heavy atom. The van der Waals surface area contributed by atoms with Gasteiger partial charge in [-0.05, 0) is 30.3 Å². The molecule has 5 rings (SSSR count). The topological polar surface area (TPSA) is 72.5 Å². The van der Waals surface area contributed by atoms with Crippen LogP contribution in [0.1, 0.15) is 6.42 Å². The van der Waals surface area contributed by atoms with Gasteiger partial charge in [-0.25, -0.2) is 0 Å². The van der Waals surface area contributed by atoms with Crippen molar-refractivity contribution in [3.05, 3.63) is 53.6 Å². The molecule has 3 heterocycles. The third-order valence-corrected chi connectivity index (χ3v) is 6.18. The number of rotatable bonds is 3. The number of fused-ring (bicyclic) bond motifs is 1. The molecule has 7 nitrogen and oxygen atoms in total. The summed E-state index contributed by atoms with van der Waals surface area (Å²) in [6.45, 7) is 3.16. The number of amides is 2. The van der Waals surface area contributed by atoms with Crippen molar-refractivity contribution >= 4 is 45.8 Å². The van der Waals surface area contributed by atoms with Crippen LogP contribution >= 0.6 is 11.6 Å². The Morgan fingerprint density at radius 1 is 1.07 bits per heavy atom. The number of nitrogens with one attached hydrogen (secondary N) is 1. The van der Waals surface area contributed by atoms with Gasteiger partial charge in [-0.3, -0.25) is 19.6 Å². The van der Waals surface area contributed by atoms with Crippen molar-refractivity contribution < 1.29 is 9.59 Å². The fourth-order valence-corrected chi connectivity index (χ4v) is 4.53. The lowest BCUT2D eigenvalue weighted by Gasteiger charge is -2.37. The lowest BCUT2D eigenvalue weighted by atomic mass is 10.1. The number of aromatic amines is 1. The quantitative estimate of drug-likeness (QED) is 0.703. The third kappa shape index (κ3) is 3.39. The molecule has 2 aliphatic heterocycles.